The summed E-state index contributed by atoms with van der Waals surface area (Å²) in [6.45, 7) is 2.14. The van der Waals surface area contributed by atoms with E-state index in [-0.39, 0.29) is 11.8 Å². The van der Waals surface area contributed by atoms with Crippen LogP contribution < -0.4 is 5.32 Å². The van der Waals surface area contributed by atoms with Crippen molar-refractivity contribution in [3.8, 4) is 0 Å². The first-order valence-corrected chi connectivity index (χ1v) is 5.17. The zero-order chi connectivity index (χ0) is 9.90. The van der Waals surface area contributed by atoms with Gasteiger partial charge in [-0.25, -0.2) is 0 Å². The van der Waals surface area contributed by atoms with Gasteiger partial charge in [0, 0.05) is 18.3 Å². The van der Waals surface area contributed by atoms with Gasteiger partial charge in [0.05, 0.1) is 5.60 Å². The van der Waals surface area contributed by atoms with Crippen LogP contribution in [0, 0.1) is 5.92 Å². The first-order chi connectivity index (χ1) is 6.07. The molecular formula is C9H16ClNO2. The average Bonchev–Trinajstić information content (AvgIpc) is 2.09. The second kappa shape index (κ2) is 4.29. The maximum absolute atomic E-state index is 11.3. The number of hydrogen-bond donors (Lipinski definition) is 2. The minimum atomic E-state index is -0.637. The number of carbonyl (C=O) groups excluding carboxylic acids is 1. The number of carbonyl (C=O) groups is 1. The largest absolute Gasteiger partial charge is 0.388 e. The Kier molecular flexibility index (Phi) is 3.56. The van der Waals surface area contributed by atoms with Crippen LogP contribution in [0.5, 0.6) is 0 Å². The molecule has 76 valence electrons. The van der Waals surface area contributed by atoms with Crippen molar-refractivity contribution in [1.29, 1.82) is 0 Å². The van der Waals surface area contributed by atoms with Crippen molar-refractivity contribution >= 4 is 17.5 Å². The van der Waals surface area contributed by atoms with Gasteiger partial charge in [0.1, 0.15) is 0 Å². The van der Waals surface area contributed by atoms with Crippen molar-refractivity contribution < 1.29 is 9.90 Å². The molecule has 1 aliphatic rings. The lowest BCUT2D eigenvalue weighted by molar-refractivity contribution is -0.126. The van der Waals surface area contributed by atoms with Crippen LogP contribution in [0.3, 0.4) is 0 Å². The molecule has 13 heavy (non-hydrogen) atoms. The van der Waals surface area contributed by atoms with E-state index in [0.29, 0.717) is 12.4 Å². The highest BCUT2D eigenvalue weighted by Crippen LogP contribution is 2.30. The Hall–Kier alpha value is -0.280. The van der Waals surface area contributed by atoms with E-state index in [1.807, 2.05) is 0 Å². The third kappa shape index (κ3) is 2.85. The summed E-state index contributed by atoms with van der Waals surface area (Å²) >= 11 is 5.52. The molecule has 0 aromatic heterocycles. The Morgan fingerprint density at radius 3 is 2.69 bits per heavy atom. The molecule has 1 aliphatic carbocycles. The topological polar surface area (TPSA) is 49.3 Å². The molecule has 0 aliphatic heterocycles. The monoisotopic (exact) mass is 205 g/mol. The zero-order valence-electron chi connectivity index (χ0n) is 7.85. The molecule has 1 unspecified atom stereocenters. The van der Waals surface area contributed by atoms with Crippen LogP contribution in [0.15, 0.2) is 0 Å². The molecule has 0 spiro atoms. The molecule has 0 aromatic rings. The van der Waals surface area contributed by atoms with Crippen LogP contribution in [0.1, 0.15) is 26.2 Å². The molecule has 1 saturated carbocycles. The normalized spacial score (nSPS) is 21.8. The van der Waals surface area contributed by atoms with E-state index in [1.165, 1.54) is 0 Å². The van der Waals surface area contributed by atoms with Crippen LogP contribution in [-0.4, -0.2) is 29.0 Å². The molecule has 1 amide bonds. The number of aliphatic hydroxyl groups is 1. The second-order valence-electron chi connectivity index (χ2n) is 3.85. The molecule has 0 saturated heterocycles. The number of rotatable bonds is 4. The summed E-state index contributed by atoms with van der Waals surface area (Å²) in [5.41, 5.74) is -0.637. The summed E-state index contributed by atoms with van der Waals surface area (Å²) in [6.07, 6.45) is 2.64. The number of alkyl halides is 1. The highest BCUT2D eigenvalue weighted by atomic mass is 35.5. The SMILES string of the molecule is CC(CCl)C(=O)NCC1(O)CCC1. The molecule has 1 atom stereocenters. The van der Waals surface area contributed by atoms with E-state index in [0.717, 1.165) is 19.3 Å². The molecule has 1 rings (SSSR count). The van der Waals surface area contributed by atoms with Crippen molar-refractivity contribution in [3.05, 3.63) is 0 Å². The van der Waals surface area contributed by atoms with Gasteiger partial charge in [-0.3, -0.25) is 4.79 Å². The number of halogens is 1. The van der Waals surface area contributed by atoms with E-state index in [9.17, 15) is 9.90 Å². The van der Waals surface area contributed by atoms with Crippen molar-refractivity contribution in [1.82, 2.24) is 5.32 Å². The fourth-order valence-electron chi connectivity index (χ4n) is 1.26. The van der Waals surface area contributed by atoms with Gasteiger partial charge >= 0.3 is 0 Å². The highest BCUT2D eigenvalue weighted by molar-refractivity contribution is 6.19. The molecule has 0 bridgehead atoms. The molecule has 1 fully saturated rings. The number of hydrogen-bond acceptors (Lipinski definition) is 2. The number of amides is 1. The van der Waals surface area contributed by atoms with Gasteiger partial charge in [-0.05, 0) is 19.3 Å². The fraction of sp³-hybridized carbons (Fsp3) is 0.889. The summed E-state index contributed by atoms with van der Waals surface area (Å²) in [5.74, 6) is 0.0743. The maximum Gasteiger partial charge on any atom is 0.224 e. The predicted octanol–water partition coefficient (Wildman–Crippen LogP) is 0.892. The molecule has 3 nitrogen and oxygen atoms in total. The van der Waals surface area contributed by atoms with Gasteiger partial charge in [-0.15, -0.1) is 11.6 Å². The smallest absolute Gasteiger partial charge is 0.224 e. The van der Waals surface area contributed by atoms with Crippen LogP contribution >= 0.6 is 11.6 Å². The zero-order valence-corrected chi connectivity index (χ0v) is 8.60. The lowest BCUT2D eigenvalue weighted by Crippen LogP contribution is -2.48. The van der Waals surface area contributed by atoms with Crippen molar-refractivity contribution in [2.24, 2.45) is 5.92 Å². The standard InChI is InChI=1S/C9H16ClNO2/c1-7(5-10)8(12)11-6-9(13)3-2-4-9/h7,13H,2-6H2,1H3,(H,11,12). The first-order valence-electron chi connectivity index (χ1n) is 4.63. The lowest BCUT2D eigenvalue weighted by Gasteiger charge is -2.36. The molecule has 2 N–H and O–H groups in total. The van der Waals surface area contributed by atoms with Gasteiger partial charge in [0.2, 0.25) is 5.91 Å². The van der Waals surface area contributed by atoms with Crippen LogP contribution in [0.4, 0.5) is 0 Å². The van der Waals surface area contributed by atoms with E-state index in [4.69, 9.17) is 11.6 Å². The maximum atomic E-state index is 11.3. The fourth-order valence-corrected chi connectivity index (χ4v) is 1.40. The van der Waals surface area contributed by atoms with E-state index >= 15 is 0 Å². The Labute approximate surface area is 83.5 Å². The third-order valence-corrected chi connectivity index (χ3v) is 3.02. The Balaban J connectivity index is 2.21. The van der Waals surface area contributed by atoms with Crippen molar-refractivity contribution in [3.63, 3.8) is 0 Å². The molecule has 0 heterocycles. The first kappa shape index (κ1) is 10.8. The highest BCUT2D eigenvalue weighted by Gasteiger charge is 2.34. The summed E-state index contributed by atoms with van der Waals surface area (Å²) < 4.78 is 0. The summed E-state index contributed by atoms with van der Waals surface area (Å²) in [6, 6.07) is 0. The van der Waals surface area contributed by atoms with Crippen LogP contribution in [0.25, 0.3) is 0 Å². The average molecular weight is 206 g/mol. The molecule has 0 aromatic carbocycles. The quantitative estimate of drug-likeness (QED) is 0.670. The second-order valence-corrected chi connectivity index (χ2v) is 4.16. The van der Waals surface area contributed by atoms with E-state index < -0.39 is 5.60 Å². The molecule has 0 radical (unpaired) electrons. The lowest BCUT2D eigenvalue weighted by atomic mass is 9.80. The van der Waals surface area contributed by atoms with Crippen molar-refractivity contribution in [2.75, 3.05) is 12.4 Å². The van der Waals surface area contributed by atoms with E-state index in [1.54, 1.807) is 6.92 Å². The Bertz CT molecular complexity index is 192. The Morgan fingerprint density at radius 2 is 2.31 bits per heavy atom. The molecule has 4 heteroatoms. The van der Waals surface area contributed by atoms with E-state index in [2.05, 4.69) is 5.32 Å². The minimum absolute atomic E-state index is 0.0738. The third-order valence-electron chi connectivity index (χ3n) is 2.55. The number of nitrogens with one attached hydrogen (secondary N) is 1. The van der Waals surface area contributed by atoms with Crippen LogP contribution in [-0.2, 0) is 4.79 Å². The summed E-state index contributed by atoms with van der Waals surface area (Å²) in [7, 11) is 0. The van der Waals surface area contributed by atoms with Gasteiger partial charge in [0.25, 0.3) is 0 Å². The molecular weight excluding hydrogens is 190 g/mol. The minimum Gasteiger partial charge on any atom is -0.388 e. The summed E-state index contributed by atoms with van der Waals surface area (Å²) in [4.78, 5) is 11.3. The van der Waals surface area contributed by atoms with Gasteiger partial charge in [-0.1, -0.05) is 6.92 Å². The van der Waals surface area contributed by atoms with Gasteiger partial charge < -0.3 is 10.4 Å². The Morgan fingerprint density at radius 1 is 1.69 bits per heavy atom. The summed E-state index contributed by atoms with van der Waals surface area (Å²) in [5, 5.41) is 12.4. The van der Waals surface area contributed by atoms with Crippen molar-refractivity contribution in [2.45, 2.75) is 31.8 Å². The van der Waals surface area contributed by atoms with Crippen LogP contribution in [0.2, 0.25) is 0 Å². The van der Waals surface area contributed by atoms with Gasteiger partial charge in [0.15, 0.2) is 0 Å². The van der Waals surface area contributed by atoms with Gasteiger partial charge in [-0.2, -0.15) is 0 Å². The predicted molar refractivity (Wildman–Crippen MR) is 51.7 cm³/mol.